The maximum absolute atomic E-state index is 5.86. The van der Waals surface area contributed by atoms with Gasteiger partial charge in [-0.25, -0.2) is 0 Å². The molecule has 0 aromatic carbocycles. The van der Waals surface area contributed by atoms with Crippen molar-refractivity contribution in [3.63, 3.8) is 0 Å². The van der Waals surface area contributed by atoms with Crippen LogP contribution in [0.5, 0.6) is 0 Å². The van der Waals surface area contributed by atoms with Crippen molar-refractivity contribution in [1.29, 1.82) is 0 Å². The van der Waals surface area contributed by atoms with Gasteiger partial charge in [-0.2, -0.15) is 0 Å². The molecule has 2 saturated carbocycles. The summed E-state index contributed by atoms with van der Waals surface area (Å²) < 4.78 is 0. The van der Waals surface area contributed by atoms with Crippen molar-refractivity contribution in [3.8, 4) is 0 Å². The highest BCUT2D eigenvalue weighted by molar-refractivity contribution is 4.86. The number of hydrogen-bond donors (Lipinski definition) is 1. The molecule has 9 heavy (non-hydrogen) atoms. The Morgan fingerprint density at radius 1 is 0.889 bits per heavy atom. The third-order valence-electron chi connectivity index (χ3n) is 2.92. The van der Waals surface area contributed by atoms with Gasteiger partial charge in [0.1, 0.15) is 0 Å². The number of hydrogen-bond acceptors (Lipinski definition) is 1. The van der Waals surface area contributed by atoms with Crippen molar-refractivity contribution >= 4 is 0 Å². The second-order valence-electron chi connectivity index (χ2n) is 3.78. The van der Waals surface area contributed by atoms with Crippen LogP contribution in [0.25, 0.3) is 0 Å². The highest BCUT2D eigenvalue weighted by Crippen LogP contribution is 2.41. The molecule has 0 saturated heterocycles. The van der Waals surface area contributed by atoms with Crippen molar-refractivity contribution in [2.75, 3.05) is 0 Å². The van der Waals surface area contributed by atoms with Gasteiger partial charge in [-0.1, -0.05) is 12.8 Å². The fraction of sp³-hybridized carbons (Fsp3) is 1.00. The Balaban J connectivity index is 2.03. The first-order chi connectivity index (χ1) is 4.34. The lowest BCUT2D eigenvalue weighted by molar-refractivity contribution is 0.320. The van der Waals surface area contributed by atoms with Crippen LogP contribution < -0.4 is 5.73 Å². The molecule has 1 nitrogen and oxygen atoms in total. The van der Waals surface area contributed by atoms with Gasteiger partial charge in [0.25, 0.3) is 0 Å². The van der Waals surface area contributed by atoms with E-state index in [1.165, 1.54) is 32.1 Å². The summed E-state index contributed by atoms with van der Waals surface area (Å²) in [5.41, 5.74) is 5.86. The molecule has 0 aromatic heterocycles. The van der Waals surface area contributed by atoms with Crippen molar-refractivity contribution < 1.29 is 0 Å². The van der Waals surface area contributed by atoms with Crippen molar-refractivity contribution in [2.24, 2.45) is 17.6 Å². The van der Waals surface area contributed by atoms with Gasteiger partial charge in [-0.15, -0.1) is 0 Å². The second kappa shape index (κ2) is 1.98. The molecule has 0 heterocycles. The zero-order valence-electron chi connectivity index (χ0n) is 5.84. The summed E-state index contributed by atoms with van der Waals surface area (Å²) in [5, 5.41) is 0. The van der Waals surface area contributed by atoms with E-state index in [1.54, 1.807) is 0 Å². The first kappa shape index (κ1) is 5.72. The summed E-state index contributed by atoms with van der Waals surface area (Å²) >= 11 is 0. The van der Waals surface area contributed by atoms with Crippen LogP contribution in [-0.4, -0.2) is 6.04 Å². The Hall–Kier alpha value is -0.0400. The van der Waals surface area contributed by atoms with Crippen molar-refractivity contribution in [1.82, 2.24) is 0 Å². The zero-order valence-corrected chi connectivity index (χ0v) is 5.84. The topological polar surface area (TPSA) is 26.0 Å². The smallest absolute Gasteiger partial charge is 0.00441 e. The van der Waals surface area contributed by atoms with Gasteiger partial charge in [0.15, 0.2) is 0 Å². The summed E-state index contributed by atoms with van der Waals surface area (Å²) in [4.78, 5) is 0. The number of fused-ring (bicyclic) bond motifs is 2. The molecule has 2 fully saturated rings. The number of rotatable bonds is 0. The van der Waals surface area contributed by atoms with Crippen LogP contribution in [0, 0.1) is 11.8 Å². The van der Waals surface area contributed by atoms with E-state index in [4.69, 9.17) is 5.73 Å². The van der Waals surface area contributed by atoms with Crippen LogP contribution in [0.4, 0.5) is 0 Å². The first-order valence-electron chi connectivity index (χ1n) is 4.10. The lowest BCUT2D eigenvalue weighted by atomic mass is 9.86. The molecule has 2 bridgehead atoms. The Bertz CT molecular complexity index is 99.1. The second-order valence-corrected chi connectivity index (χ2v) is 3.78. The van der Waals surface area contributed by atoms with Gasteiger partial charge >= 0.3 is 0 Å². The van der Waals surface area contributed by atoms with Crippen LogP contribution in [0.2, 0.25) is 0 Å². The molecular weight excluding hydrogens is 110 g/mol. The minimum absolute atomic E-state index is 0.552. The summed E-state index contributed by atoms with van der Waals surface area (Å²) in [7, 11) is 0. The standard InChI is InChI=1S/C8H15N/c9-8-4-6-1-2-7(3-6)5-8/h6-8H,1-5,9H2/t6-,7-/m1/s1. The maximum Gasteiger partial charge on any atom is 0.00441 e. The average Bonchev–Trinajstić information content (AvgIpc) is 2.11. The van der Waals surface area contributed by atoms with Gasteiger partial charge in [-0.05, 0) is 31.1 Å². The summed E-state index contributed by atoms with van der Waals surface area (Å²) in [6, 6.07) is 0.552. The lowest BCUT2D eigenvalue weighted by Gasteiger charge is -2.23. The average molecular weight is 125 g/mol. The third kappa shape index (κ3) is 0.983. The summed E-state index contributed by atoms with van der Waals surface area (Å²) in [6.45, 7) is 0. The first-order valence-corrected chi connectivity index (χ1v) is 4.10. The minimum Gasteiger partial charge on any atom is -0.328 e. The quantitative estimate of drug-likeness (QED) is 0.522. The minimum atomic E-state index is 0.552. The Morgan fingerprint density at radius 2 is 1.44 bits per heavy atom. The Kier molecular flexibility index (Phi) is 1.26. The molecule has 52 valence electrons. The molecule has 0 aliphatic heterocycles. The maximum atomic E-state index is 5.86. The molecular formula is C8H15N. The molecule has 2 rings (SSSR count). The summed E-state index contributed by atoms with van der Waals surface area (Å²) in [5.74, 6) is 2.03. The van der Waals surface area contributed by atoms with E-state index in [1.807, 2.05) is 0 Å². The van der Waals surface area contributed by atoms with Gasteiger partial charge in [0.05, 0.1) is 0 Å². The molecule has 0 amide bonds. The SMILES string of the molecule is NC1C[C@@H]2CC[C@@H](C1)C2. The van der Waals surface area contributed by atoms with Crippen LogP contribution in [0.3, 0.4) is 0 Å². The van der Waals surface area contributed by atoms with E-state index in [-0.39, 0.29) is 0 Å². The predicted octanol–water partition coefficient (Wildman–Crippen LogP) is 1.52. The molecule has 0 aromatic rings. The van der Waals surface area contributed by atoms with Crippen LogP contribution in [-0.2, 0) is 0 Å². The van der Waals surface area contributed by atoms with Crippen LogP contribution in [0.15, 0.2) is 0 Å². The lowest BCUT2D eigenvalue weighted by Crippen LogP contribution is -2.28. The van der Waals surface area contributed by atoms with E-state index in [0.29, 0.717) is 6.04 Å². The highest BCUT2D eigenvalue weighted by atomic mass is 14.7. The largest absolute Gasteiger partial charge is 0.328 e. The zero-order chi connectivity index (χ0) is 6.27. The van der Waals surface area contributed by atoms with E-state index < -0.39 is 0 Å². The molecule has 0 unspecified atom stereocenters. The van der Waals surface area contributed by atoms with Gasteiger partial charge in [0.2, 0.25) is 0 Å². The summed E-state index contributed by atoms with van der Waals surface area (Å²) in [6.07, 6.45) is 7.07. The normalized spacial score (nSPS) is 49.7. The molecule has 2 aliphatic rings. The van der Waals surface area contributed by atoms with E-state index in [2.05, 4.69) is 0 Å². The highest BCUT2D eigenvalue weighted by Gasteiger charge is 2.31. The molecule has 0 radical (unpaired) electrons. The van der Waals surface area contributed by atoms with E-state index in [9.17, 15) is 0 Å². The van der Waals surface area contributed by atoms with Gasteiger partial charge < -0.3 is 5.73 Å². The monoisotopic (exact) mass is 125 g/mol. The third-order valence-corrected chi connectivity index (χ3v) is 2.92. The van der Waals surface area contributed by atoms with Gasteiger partial charge in [0, 0.05) is 6.04 Å². The van der Waals surface area contributed by atoms with Crippen LogP contribution in [0.1, 0.15) is 32.1 Å². The predicted molar refractivity (Wildman–Crippen MR) is 38.0 cm³/mol. The van der Waals surface area contributed by atoms with Crippen LogP contribution >= 0.6 is 0 Å². The van der Waals surface area contributed by atoms with E-state index in [0.717, 1.165) is 11.8 Å². The molecule has 2 N–H and O–H groups in total. The van der Waals surface area contributed by atoms with E-state index >= 15 is 0 Å². The fourth-order valence-corrected chi connectivity index (χ4v) is 2.56. The fourth-order valence-electron chi connectivity index (χ4n) is 2.56. The molecule has 1 heteroatoms. The Morgan fingerprint density at radius 3 is 2.00 bits per heavy atom. The Labute approximate surface area is 56.6 Å². The molecule has 2 atom stereocenters. The number of nitrogens with two attached hydrogens (primary N) is 1. The van der Waals surface area contributed by atoms with Gasteiger partial charge in [-0.3, -0.25) is 0 Å². The van der Waals surface area contributed by atoms with Crippen molar-refractivity contribution in [2.45, 2.75) is 38.1 Å². The van der Waals surface area contributed by atoms with Crippen molar-refractivity contribution in [3.05, 3.63) is 0 Å². The molecule has 2 aliphatic carbocycles. The molecule has 0 spiro atoms.